The Bertz CT molecular complexity index is 349. The first-order valence-electron chi connectivity index (χ1n) is 6.34. The highest BCUT2D eigenvalue weighted by Gasteiger charge is 1.91. The smallest absolute Gasteiger partial charge is 0.0184 e. The van der Waals surface area contributed by atoms with Gasteiger partial charge in [0.05, 0.1) is 0 Å². The first-order chi connectivity index (χ1) is 8.24. The van der Waals surface area contributed by atoms with Crippen LogP contribution in [-0.2, 0) is 0 Å². The van der Waals surface area contributed by atoms with E-state index >= 15 is 0 Å². The van der Waals surface area contributed by atoms with Crippen molar-refractivity contribution in [2.45, 2.75) is 27.2 Å². The average molecular weight is 226 g/mol. The molecular weight excluding hydrogens is 204 g/mol. The molecule has 0 nitrogen and oxygen atoms in total. The molecule has 0 spiro atoms. The van der Waals surface area contributed by atoms with Crippen molar-refractivity contribution in [2.24, 2.45) is 5.92 Å². The van der Waals surface area contributed by atoms with Gasteiger partial charge in [0, 0.05) is 0 Å². The van der Waals surface area contributed by atoms with Gasteiger partial charge in [0.2, 0.25) is 0 Å². The summed E-state index contributed by atoms with van der Waals surface area (Å²) in [5, 5.41) is 0. The van der Waals surface area contributed by atoms with Crippen LogP contribution in [0.4, 0.5) is 0 Å². The maximum absolute atomic E-state index is 2.22. The molecule has 0 aromatic heterocycles. The molecule has 0 atom stereocenters. The molecule has 0 N–H and O–H groups in total. The van der Waals surface area contributed by atoms with Crippen LogP contribution < -0.4 is 0 Å². The lowest BCUT2D eigenvalue weighted by Crippen LogP contribution is -1.77. The van der Waals surface area contributed by atoms with Crippen molar-refractivity contribution < 1.29 is 0 Å². The van der Waals surface area contributed by atoms with E-state index in [1.807, 2.05) is 12.1 Å². The lowest BCUT2D eigenvalue weighted by atomic mass is 10.1. The first-order valence-corrected chi connectivity index (χ1v) is 6.34. The van der Waals surface area contributed by atoms with Crippen LogP contribution in [0.3, 0.4) is 0 Å². The topological polar surface area (TPSA) is 0 Å². The van der Waals surface area contributed by atoms with Gasteiger partial charge in [-0.25, -0.2) is 0 Å². The van der Waals surface area contributed by atoms with E-state index in [1.165, 1.54) is 17.5 Å². The molecule has 90 valence electrons. The van der Waals surface area contributed by atoms with E-state index in [0.717, 1.165) is 5.92 Å². The van der Waals surface area contributed by atoms with Gasteiger partial charge in [0.25, 0.3) is 0 Å². The molecule has 0 fully saturated rings. The molecule has 17 heavy (non-hydrogen) atoms. The maximum Gasteiger partial charge on any atom is -0.0184 e. The van der Waals surface area contributed by atoms with Crippen molar-refractivity contribution in [1.29, 1.82) is 0 Å². The van der Waals surface area contributed by atoms with Gasteiger partial charge >= 0.3 is 0 Å². The second-order valence-electron chi connectivity index (χ2n) is 4.53. The van der Waals surface area contributed by atoms with Gasteiger partial charge in [-0.05, 0) is 17.0 Å². The maximum atomic E-state index is 2.22. The highest BCUT2D eigenvalue weighted by molar-refractivity contribution is 5.62. The molecule has 0 amide bonds. The van der Waals surface area contributed by atoms with E-state index in [9.17, 15) is 0 Å². The molecule has 0 aliphatic carbocycles. The number of hydrogen-bond donors (Lipinski definition) is 0. The van der Waals surface area contributed by atoms with Gasteiger partial charge in [0.15, 0.2) is 0 Å². The van der Waals surface area contributed by atoms with E-state index < -0.39 is 0 Å². The van der Waals surface area contributed by atoms with Gasteiger partial charge in [-0.15, -0.1) is 0 Å². The molecule has 0 heteroatoms. The summed E-state index contributed by atoms with van der Waals surface area (Å²) < 4.78 is 0. The van der Waals surface area contributed by atoms with E-state index in [2.05, 4.69) is 69.3 Å². The molecule has 0 saturated carbocycles. The van der Waals surface area contributed by atoms with Crippen molar-refractivity contribution in [3.63, 3.8) is 0 Å². The summed E-state index contributed by atoms with van der Waals surface area (Å²) >= 11 is 0. The standard InChI is InChI=1S/C12H10.C5H12/c1-3-7-11(8-4-1)12-9-5-2-6-10-12;1-4-5(2)3/h1-10H;5H,4H2,1-3H3. The predicted octanol–water partition coefficient (Wildman–Crippen LogP) is 5.41. The van der Waals surface area contributed by atoms with Crippen LogP contribution in [-0.4, -0.2) is 0 Å². The Balaban J connectivity index is 0.000000249. The molecule has 0 bridgehead atoms. The molecule has 2 aromatic rings. The van der Waals surface area contributed by atoms with Crippen molar-refractivity contribution in [1.82, 2.24) is 0 Å². The Morgan fingerprint density at radius 2 is 1.00 bits per heavy atom. The van der Waals surface area contributed by atoms with Crippen molar-refractivity contribution in [3.05, 3.63) is 60.7 Å². The second-order valence-corrected chi connectivity index (χ2v) is 4.53. The Morgan fingerprint density at radius 3 is 1.24 bits per heavy atom. The largest absolute Gasteiger partial charge is 0.0651 e. The summed E-state index contributed by atoms with van der Waals surface area (Å²) in [6.07, 6.45) is 1.31. The third-order valence-corrected chi connectivity index (χ3v) is 2.70. The summed E-state index contributed by atoms with van der Waals surface area (Å²) in [6.45, 7) is 6.64. The number of hydrogen-bond acceptors (Lipinski definition) is 0. The molecule has 0 aliphatic rings. The molecule has 2 aromatic carbocycles. The fraction of sp³-hybridized carbons (Fsp3) is 0.294. The van der Waals surface area contributed by atoms with Crippen LogP contribution in [0.25, 0.3) is 11.1 Å². The molecule has 0 aliphatic heterocycles. The van der Waals surface area contributed by atoms with Crippen LogP contribution in [0.15, 0.2) is 60.7 Å². The number of benzene rings is 2. The normalized spacial score (nSPS) is 9.65. The number of rotatable bonds is 2. The van der Waals surface area contributed by atoms with Crippen LogP contribution in [0.1, 0.15) is 27.2 Å². The zero-order valence-electron chi connectivity index (χ0n) is 11.1. The van der Waals surface area contributed by atoms with E-state index in [1.54, 1.807) is 0 Å². The third-order valence-electron chi connectivity index (χ3n) is 2.70. The van der Waals surface area contributed by atoms with Crippen molar-refractivity contribution in [3.8, 4) is 11.1 Å². The molecule has 0 unspecified atom stereocenters. The van der Waals surface area contributed by atoms with Gasteiger partial charge in [0.1, 0.15) is 0 Å². The average Bonchev–Trinajstić information content (AvgIpc) is 2.41. The Morgan fingerprint density at radius 1 is 0.706 bits per heavy atom. The van der Waals surface area contributed by atoms with Gasteiger partial charge in [-0.1, -0.05) is 87.9 Å². The highest BCUT2D eigenvalue weighted by Crippen LogP contribution is 2.17. The summed E-state index contributed by atoms with van der Waals surface area (Å²) in [5.41, 5.74) is 2.55. The fourth-order valence-electron chi connectivity index (χ4n) is 1.26. The highest BCUT2D eigenvalue weighted by atomic mass is 14.0. The van der Waals surface area contributed by atoms with Crippen molar-refractivity contribution in [2.75, 3.05) is 0 Å². The summed E-state index contributed by atoms with van der Waals surface area (Å²) in [7, 11) is 0. The fourth-order valence-corrected chi connectivity index (χ4v) is 1.26. The van der Waals surface area contributed by atoms with Crippen LogP contribution in [0.2, 0.25) is 0 Å². The van der Waals surface area contributed by atoms with Gasteiger partial charge in [-0.2, -0.15) is 0 Å². The summed E-state index contributed by atoms with van der Waals surface area (Å²) in [4.78, 5) is 0. The lowest BCUT2D eigenvalue weighted by molar-refractivity contribution is 0.626. The third kappa shape index (κ3) is 5.35. The zero-order chi connectivity index (χ0) is 12.5. The van der Waals surface area contributed by atoms with Crippen LogP contribution in [0, 0.1) is 5.92 Å². The molecule has 0 radical (unpaired) electrons. The van der Waals surface area contributed by atoms with Gasteiger partial charge < -0.3 is 0 Å². The molecular formula is C17H22. The van der Waals surface area contributed by atoms with E-state index in [0.29, 0.717) is 0 Å². The van der Waals surface area contributed by atoms with Crippen molar-refractivity contribution >= 4 is 0 Å². The quantitative estimate of drug-likeness (QED) is 0.642. The second kappa shape index (κ2) is 7.67. The van der Waals surface area contributed by atoms with E-state index in [-0.39, 0.29) is 0 Å². The first kappa shape index (κ1) is 13.5. The van der Waals surface area contributed by atoms with E-state index in [4.69, 9.17) is 0 Å². The Kier molecular flexibility index (Phi) is 6.09. The SMILES string of the molecule is CCC(C)C.c1ccc(-c2ccccc2)cc1. The molecule has 0 saturated heterocycles. The monoisotopic (exact) mass is 226 g/mol. The van der Waals surface area contributed by atoms with Crippen LogP contribution in [0.5, 0.6) is 0 Å². The predicted molar refractivity (Wildman–Crippen MR) is 77.0 cm³/mol. The van der Waals surface area contributed by atoms with Crippen LogP contribution >= 0.6 is 0 Å². The summed E-state index contributed by atoms with van der Waals surface area (Å²) in [5.74, 6) is 0.884. The van der Waals surface area contributed by atoms with Gasteiger partial charge in [-0.3, -0.25) is 0 Å². The summed E-state index contributed by atoms with van der Waals surface area (Å²) in [6, 6.07) is 20.8. The Labute approximate surface area is 105 Å². The minimum atomic E-state index is 0.884. The minimum Gasteiger partial charge on any atom is -0.0651 e. The zero-order valence-corrected chi connectivity index (χ0v) is 11.1. The Hall–Kier alpha value is -1.56. The lowest BCUT2D eigenvalue weighted by Gasteiger charge is -1.98. The molecule has 2 rings (SSSR count). The minimum absolute atomic E-state index is 0.884. The molecule has 0 heterocycles.